The van der Waals surface area contributed by atoms with E-state index in [1.54, 1.807) is 13.3 Å². The maximum Gasteiger partial charge on any atom is 0.222 e. The van der Waals surface area contributed by atoms with Crippen LogP contribution in [0.5, 0.6) is 5.88 Å². The van der Waals surface area contributed by atoms with Gasteiger partial charge in [-0.2, -0.15) is 0 Å². The molecule has 72 valence electrons. The van der Waals surface area contributed by atoms with E-state index >= 15 is 0 Å². The fourth-order valence-corrected chi connectivity index (χ4v) is 2.21. The molecule has 2 nitrogen and oxygen atoms in total. The van der Waals surface area contributed by atoms with Crippen LogP contribution in [0.1, 0.15) is 0 Å². The highest BCUT2D eigenvalue weighted by atomic mass is 127. The first-order valence-corrected chi connectivity index (χ1v) is 5.46. The highest BCUT2D eigenvalue weighted by Crippen LogP contribution is 2.32. The standard InChI is InChI=1S/C10H7ClINO/c1-14-10-8-6(4-5-13-10)2-3-7(11)9(8)12/h2-5H,1H3. The molecule has 1 aromatic heterocycles. The molecule has 0 saturated heterocycles. The summed E-state index contributed by atoms with van der Waals surface area (Å²) in [6.07, 6.45) is 1.73. The zero-order valence-corrected chi connectivity index (χ0v) is 10.3. The lowest BCUT2D eigenvalue weighted by atomic mass is 10.2. The number of methoxy groups -OCH3 is 1. The number of benzene rings is 1. The molecule has 0 spiro atoms. The van der Waals surface area contributed by atoms with Gasteiger partial charge in [0.15, 0.2) is 0 Å². The number of pyridine rings is 1. The van der Waals surface area contributed by atoms with Crippen molar-refractivity contribution in [1.82, 2.24) is 4.98 Å². The van der Waals surface area contributed by atoms with Crippen molar-refractivity contribution in [2.75, 3.05) is 7.11 Å². The van der Waals surface area contributed by atoms with Crippen molar-refractivity contribution in [2.45, 2.75) is 0 Å². The van der Waals surface area contributed by atoms with Crippen molar-refractivity contribution in [3.05, 3.63) is 33.0 Å². The van der Waals surface area contributed by atoms with Crippen LogP contribution in [0.4, 0.5) is 0 Å². The summed E-state index contributed by atoms with van der Waals surface area (Å²) in [6.45, 7) is 0. The highest BCUT2D eigenvalue weighted by Gasteiger charge is 2.08. The van der Waals surface area contributed by atoms with E-state index in [-0.39, 0.29) is 0 Å². The van der Waals surface area contributed by atoms with Gasteiger partial charge in [0.25, 0.3) is 0 Å². The Labute approximate surface area is 100 Å². The van der Waals surface area contributed by atoms with Crippen molar-refractivity contribution in [3.63, 3.8) is 0 Å². The molecule has 2 rings (SSSR count). The second kappa shape index (κ2) is 3.90. The minimum atomic E-state index is 0.620. The van der Waals surface area contributed by atoms with E-state index in [0.29, 0.717) is 5.88 Å². The molecule has 0 amide bonds. The fraction of sp³-hybridized carbons (Fsp3) is 0.100. The van der Waals surface area contributed by atoms with E-state index in [4.69, 9.17) is 16.3 Å². The molecule has 0 N–H and O–H groups in total. The van der Waals surface area contributed by atoms with Crippen LogP contribution in [0.2, 0.25) is 5.02 Å². The third-order valence-corrected chi connectivity index (χ3v) is 3.73. The van der Waals surface area contributed by atoms with Crippen molar-refractivity contribution in [2.24, 2.45) is 0 Å². The largest absolute Gasteiger partial charge is 0.481 e. The summed E-state index contributed by atoms with van der Waals surface area (Å²) >= 11 is 8.23. The molecule has 0 radical (unpaired) electrons. The number of aromatic nitrogens is 1. The lowest BCUT2D eigenvalue weighted by molar-refractivity contribution is 0.403. The predicted molar refractivity (Wildman–Crippen MR) is 66.0 cm³/mol. The number of halogens is 2. The zero-order valence-electron chi connectivity index (χ0n) is 7.42. The van der Waals surface area contributed by atoms with Gasteiger partial charge in [0.05, 0.1) is 17.5 Å². The van der Waals surface area contributed by atoms with Gasteiger partial charge in [-0.15, -0.1) is 0 Å². The van der Waals surface area contributed by atoms with Gasteiger partial charge in [0.2, 0.25) is 5.88 Å². The molecular formula is C10H7ClINO. The van der Waals surface area contributed by atoms with Crippen LogP contribution < -0.4 is 4.74 Å². The molecular weight excluding hydrogens is 312 g/mol. The molecule has 0 fully saturated rings. The van der Waals surface area contributed by atoms with E-state index in [1.165, 1.54) is 0 Å². The molecule has 0 aliphatic carbocycles. The van der Waals surface area contributed by atoms with Gasteiger partial charge in [-0.25, -0.2) is 4.98 Å². The predicted octanol–water partition coefficient (Wildman–Crippen LogP) is 3.50. The first kappa shape index (κ1) is 9.98. The first-order valence-electron chi connectivity index (χ1n) is 4.00. The molecule has 0 atom stereocenters. The Balaban J connectivity index is 2.89. The van der Waals surface area contributed by atoms with Crippen molar-refractivity contribution < 1.29 is 4.74 Å². The molecule has 0 aliphatic rings. The third-order valence-electron chi connectivity index (χ3n) is 1.98. The average Bonchev–Trinajstić information content (AvgIpc) is 2.23. The van der Waals surface area contributed by atoms with Crippen LogP contribution in [0, 0.1) is 3.57 Å². The summed E-state index contributed by atoms with van der Waals surface area (Å²) < 4.78 is 6.17. The van der Waals surface area contributed by atoms with E-state index in [1.807, 2.05) is 18.2 Å². The Morgan fingerprint density at radius 1 is 1.36 bits per heavy atom. The lowest BCUT2D eigenvalue weighted by Crippen LogP contribution is -1.90. The number of hydrogen-bond acceptors (Lipinski definition) is 2. The van der Waals surface area contributed by atoms with Crippen molar-refractivity contribution >= 4 is 45.0 Å². The normalized spacial score (nSPS) is 10.5. The molecule has 0 saturated carbocycles. The van der Waals surface area contributed by atoms with E-state index < -0.39 is 0 Å². The van der Waals surface area contributed by atoms with Crippen molar-refractivity contribution in [1.29, 1.82) is 0 Å². The Bertz CT molecular complexity index is 487. The molecule has 0 aliphatic heterocycles. The minimum absolute atomic E-state index is 0.620. The maximum absolute atomic E-state index is 6.03. The Morgan fingerprint density at radius 3 is 2.86 bits per heavy atom. The summed E-state index contributed by atoms with van der Waals surface area (Å²) in [7, 11) is 1.61. The minimum Gasteiger partial charge on any atom is -0.481 e. The fourth-order valence-electron chi connectivity index (χ4n) is 1.33. The maximum atomic E-state index is 6.03. The summed E-state index contributed by atoms with van der Waals surface area (Å²) in [6, 6.07) is 5.78. The summed E-state index contributed by atoms with van der Waals surface area (Å²) in [5.41, 5.74) is 0. The lowest BCUT2D eigenvalue weighted by Gasteiger charge is -2.06. The van der Waals surface area contributed by atoms with Crippen LogP contribution in [-0.2, 0) is 0 Å². The first-order chi connectivity index (χ1) is 6.74. The molecule has 2 aromatic rings. The summed E-state index contributed by atoms with van der Waals surface area (Å²) in [5, 5.41) is 2.79. The smallest absolute Gasteiger partial charge is 0.222 e. The molecule has 1 heterocycles. The van der Waals surface area contributed by atoms with Gasteiger partial charge in [-0.05, 0) is 40.1 Å². The second-order valence-electron chi connectivity index (χ2n) is 2.78. The van der Waals surface area contributed by atoms with Crippen molar-refractivity contribution in [3.8, 4) is 5.88 Å². The number of nitrogens with zero attached hydrogens (tertiary/aromatic N) is 1. The van der Waals surface area contributed by atoms with Crippen LogP contribution in [0.25, 0.3) is 10.8 Å². The summed E-state index contributed by atoms with van der Waals surface area (Å²) in [5.74, 6) is 0.620. The average molecular weight is 320 g/mol. The molecule has 0 unspecified atom stereocenters. The molecule has 0 bridgehead atoms. The second-order valence-corrected chi connectivity index (χ2v) is 4.27. The van der Waals surface area contributed by atoms with Crippen LogP contribution in [0.3, 0.4) is 0 Å². The number of rotatable bonds is 1. The molecule has 14 heavy (non-hydrogen) atoms. The Kier molecular flexibility index (Phi) is 2.78. The summed E-state index contributed by atoms with van der Waals surface area (Å²) in [4.78, 5) is 4.14. The van der Waals surface area contributed by atoms with E-state index in [9.17, 15) is 0 Å². The van der Waals surface area contributed by atoms with Crippen LogP contribution >= 0.6 is 34.2 Å². The van der Waals surface area contributed by atoms with Gasteiger partial charge >= 0.3 is 0 Å². The highest BCUT2D eigenvalue weighted by molar-refractivity contribution is 14.1. The van der Waals surface area contributed by atoms with Gasteiger partial charge < -0.3 is 4.74 Å². The van der Waals surface area contributed by atoms with Crippen LogP contribution in [0.15, 0.2) is 24.4 Å². The van der Waals surface area contributed by atoms with Gasteiger partial charge in [0, 0.05) is 9.77 Å². The number of hydrogen-bond donors (Lipinski definition) is 0. The third kappa shape index (κ3) is 1.54. The molecule has 1 aromatic carbocycles. The molecule has 4 heteroatoms. The van der Waals surface area contributed by atoms with Gasteiger partial charge in [0.1, 0.15) is 0 Å². The zero-order chi connectivity index (χ0) is 10.1. The van der Waals surface area contributed by atoms with Gasteiger partial charge in [-0.1, -0.05) is 17.7 Å². The number of fused-ring (bicyclic) bond motifs is 1. The Hall–Kier alpha value is -0.550. The Morgan fingerprint density at radius 2 is 2.14 bits per heavy atom. The number of ether oxygens (including phenoxy) is 1. The van der Waals surface area contributed by atoms with E-state index in [2.05, 4.69) is 27.6 Å². The van der Waals surface area contributed by atoms with Gasteiger partial charge in [-0.3, -0.25) is 0 Å². The quantitative estimate of drug-likeness (QED) is 0.751. The van der Waals surface area contributed by atoms with Crippen LogP contribution in [-0.4, -0.2) is 12.1 Å². The topological polar surface area (TPSA) is 22.1 Å². The monoisotopic (exact) mass is 319 g/mol. The SMILES string of the molecule is COc1nccc2ccc(Cl)c(I)c12. The van der Waals surface area contributed by atoms with E-state index in [0.717, 1.165) is 19.4 Å².